The molecule has 4 nitrogen and oxygen atoms in total. The maximum atomic E-state index is 11.1. The third-order valence-corrected chi connectivity index (χ3v) is 9.05. The molecule has 0 N–H and O–H groups in total. The number of esters is 2. The average Bonchev–Trinajstić information content (AvgIpc) is 2.31. The molecule has 0 saturated heterocycles. The van der Waals surface area contributed by atoms with Crippen LogP contribution >= 0.6 is 0 Å². The number of ether oxygens (including phenoxy) is 2. The third kappa shape index (κ3) is 9.95. The molecule has 0 fully saturated rings. The van der Waals surface area contributed by atoms with Crippen LogP contribution in [0, 0.1) is 11.8 Å². The van der Waals surface area contributed by atoms with Gasteiger partial charge in [0.15, 0.2) is 0 Å². The number of carbonyl (C=O) groups is 2. The second kappa shape index (κ2) is 10.9. The monoisotopic (exact) mass is 390 g/mol. The molecule has 18 heavy (non-hydrogen) atoms. The number of carbonyl (C=O) groups excluding carboxylic acids is 2. The van der Waals surface area contributed by atoms with Gasteiger partial charge in [-0.05, 0) is 0 Å². The third-order valence-electron chi connectivity index (χ3n) is 1.85. The van der Waals surface area contributed by atoms with Crippen molar-refractivity contribution in [2.24, 2.45) is 11.8 Å². The van der Waals surface area contributed by atoms with Crippen molar-refractivity contribution in [2.45, 2.75) is 38.3 Å². The summed E-state index contributed by atoms with van der Waals surface area (Å²) in [6.45, 7) is 8.40. The van der Waals surface area contributed by atoms with Crippen molar-refractivity contribution < 1.29 is 19.1 Å². The Morgan fingerprint density at radius 2 is 1.17 bits per heavy atom. The van der Waals surface area contributed by atoms with Gasteiger partial charge in [0.05, 0.1) is 0 Å². The second-order valence-electron chi connectivity index (χ2n) is 4.29. The van der Waals surface area contributed by atoms with Crippen LogP contribution < -0.4 is 0 Å². The Morgan fingerprint density at radius 1 is 0.833 bits per heavy atom. The number of hydrogen-bond donors (Lipinski definition) is 0. The predicted molar refractivity (Wildman–Crippen MR) is 72.7 cm³/mol. The van der Waals surface area contributed by atoms with E-state index in [0.717, 1.165) is 10.6 Å². The summed E-state index contributed by atoms with van der Waals surface area (Å²) in [7, 11) is 0. The summed E-state index contributed by atoms with van der Waals surface area (Å²) in [6, 6.07) is 0. The molecular formula is C12H22O4Se2. The van der Waals surface area contributed by atoms with Crippen molar-refractivity contribution in [3.8, 4) is 0 Å². The molecule has 6 heteroatoms. The Morgan fingerprint density at radius 3 is 1.44 bits per heavy atom. The van der Waals surface area contributed by atoms with E-state index >= 15 is 0 Å². The zero-order chi connectivity index (χ0) is 14.0. The van der Waals surface area contributed by atoms with E-state index in [-0.39, 0.29) is 23.8 Å². The predicted octanol–water partition coefficient (Wildman–Crippen LogP) is 1.54. The molecule has 0 radical (unpaired) electrons. The van der Waals surface area contributed by atoms with Crippen molar-refractivity contribution in [1.29, 1.82) is 0 Å². The summed E-state index contributed by atoms with van der Waals surface area (Å²) < 4.78 is 10.2. The SMILES string of the molecule is CC(C)C(=O)OCC[Se][Se]CCOC(=O)C(C)C. The standard InChI is InChI=1S/C12H22O4Se2/c1-9(2)11(13)15-5-7-17-18-8-6-16-12(14)10(3)4/h9-10H,5-8H2,1-4H3. The molecule has 0 aliphatic carbocycles. The van der Waals surface area contributed by atoms with Gasteiger partial charge in [0.25, 0.3) is 0 Å². The maximum absolute atomic E-state index is 11.1. The molecule has 106 valence electrons. The topological polar surface area (TPSA) is 52.6 Å². The summed E-state index contributed by atoms with van der Waals surface area (Å²) in [6.07, 6.45) is 0. The van der Waals surface area contributed by atoms with E-state index in [4.69, 9.17) is 9.47 Å². The van der Waals surface area contributed by atoms with Crippen LogP contribution in [0.25, 0.3) is 0 Å². The molecule has 0 saturated carbocycles. The van der Waals surface area contributed by atoms with Crippen LogP contribution in [0.2, 0.25) is 10.6 Å². The van der Waals surface area contributed by atoms with Gasteiger partial charge in [-0.3, -0.25) is 0 Å². The van der Waals surface area contributed by atoms with Crippen molar-refractivity contribution in [3.63, 3.8) is 0 Å². The van der Waals surface area contributed by atoms with Gasteiger partial charge in [0, 0.05) is 0 Å². The first kappa shape index (κ1) is 18.0. The van der Waals surface area contributed by atoms with Gasteiger partial charge < -0.3 is 0 Å². The van der Waals surface area contributed by atoms with Crippen molar-refractivity contribution in [3.05, 3.63) is 0 Å². The summed E-state index contributed by atoms with van der Waals surface area (Å²) in [5.74, 6) is -0.328. The summed E-state index contributed by atoms with van der Waals surface area (Å²) in [5.41, 5.74) is 0. The van der Waals surface area contributed by atoms with E-state index in [1.54, 1.807) is 0 Å². The van der Waals surface area contributed by atoms with Crippen molar-refractivity contribution in [1.82, 2.24) is 0 Å². The molecule has 0 unspecified atom stereocenters. The molecule has 0 aromatic rings. The van der Waals surface area contributed by atoms with Gasteiger partial charge in [-0.15, -0.1) is 0 Å². The molecule has 0 aliphatic rings. The Bertz CT molecular complexity index is 228. The fraction of sp³-hybridized carbons (Fsp3) is 0.833. The van der Waals surface area contributed by atoms with Crippen LogP contribution in [0.1, 0.15) is 27.7 Å². The second-order valence-corrected chi connectivity index (χ2v) is 12.1. The van der Waals surface area contributed by atoms with Gasteiger partial charge in [0.1, 0.15) is 0 Å². The van der Waals surface area contributed by atoms with E-state index in [2.05, 4.69) is 0 Å². The minimum atomic E-state index is -0.121. The first-order valence-corrected chi connectivity index (χ1v) is 12.8. The van der Waals surface area contributed by atoms with Gasteiger partial charge >= 0.3 is 121 Å². The van der Waals surface area contributed by atoms with Crippen LogP contribution in [-0.2, 0) is 19.1 Å². The minimum absolute atomic E-state index is 0.0431. The first-order chi connectivity index (χ1) is 8.45. The zero-order valence-corrected chi connectivity index (χ0v) is 14.9. The number of rotatable bonds is 9. The Hall–Kier alpha value is -0.0210. The van der Waals surface area contributed by atoms with Crippen LogP contribution in [0.4, 0.5) is 0 Å². The quantitative estimate of drug-likeness (QED) is 0.342. The molecule has 0 spiro atoms. The molecule has 0 aromatic heterocycles. The molecule has 0 rings (SSSR count). The molecule has 0 heterocycles. The first-order valence-electron chi connectivity index (χ1n) is 6.02. The summed E-state index contributed by atoms with van der Waals surface area (Å²) >= 11 is 1.04. The van der Waals surface area contributed by atoms with Gasteiger partial charge in [-0.1, -0.05) is 0 Å². The van der Waals surface area contributed by atoms with Gasteiger partial charge in [-0.2, -0.15) is 0 Å². The normalized spacial score (nSPS) is 10.8. The molecule has 0 aromatic carbocycles. The van der Waals surface area contributed by atoms with E-state index < -0.39 is 0 Å². The van der Waals surface area contributed by atoms with Gasteiger partial charge in [-0.25, -0.2) is 0 Å². The van der Waals surface area contributed by atoms with Crippen LogP contribution in [0.3, 0.4) is 0 Å². The zero-order valence-electron chi connectivity index (χ0n) is 11.4. The molecule has 0 atom stereocenters. The Kier molecular flexibility index (Phi) is 10.8. The summed E-state index contributed by atoms with van der Waals surface area (Å²) in [4.78, 5) is 22.3. The van der Waals surface area contributed by atoms with E-state index in [0.29, 0.717) is 39.5 Å². The van der Waals surface area contributed by atoms with E-state index in [9.17, 15) is 9.59 Å². The average molecular weight is 388 g/mol. The van der Waals surface area contributed by atoms with E-state index in [1.807, 2.05) is 27.7 Å². The molecule has 0 aliphatic heterocycles. The molecule has 0 bridgehead atoms. The fourth-order valence-electron chi connectivity index (χ4n) is 0.804. The van der Waals surface area contributed by atoms with Crippen molar-refractivity contribution >= 4 is 38.2 Å². The van der Waals surface area contributed by atoms with Crippen molar-refractivity contribution in [2.75, 3.05) is 13.2 Å². The van der Waals surface area contributed by atoms with Crippen LogP contribution in [0.5, 0.6) is 0 Å². The van der Waals surface area contributed by atoms with Crippen LogP contribution in [0.15, 0.2) is 0 Å². The molecule has 0 amide bonds. The summed E-state index contributed by atoms with van der Waals surface area (Å²) in [5, 5.41) is 1.92. The molecular weight excluding hydrogens is 366 g/mol. The Labute approximate surface area is 120 Å². The van der Waals surface area contributed by atoms with Gasteiger partial charge in [0.2, 0.25) is 0 Å². The van der Waals surface area contributed by atoms with E-state index in [1.165, 1.54) is 0 Å². The fourth-order valence-corrected chi connectivity index (χ4v) is 5.99. The van der Waals surface area contributed by atoms with Crippen LogP contribution in [-0.4, -0.2) is 51.4 Å². The number of hydrogen-bond acceptors (Lipinski definition) is 4. The Balaban J connectivity index is 3.27.